The second kappa shape index (κ2) is 5.07. The molecule has 0 aliphatic rings. The van der Waals surface area contributed by atoms with Gasteiger partial charge in [0, 0.05) is 24.0 Å². The zero-order valence-corrected chi connectivity index (χ0v) is 12.1. The van der Waals surface area contributed by atoms with Crippen molar-refractivity contribution < 1.29 is 0 Å². The summed E-state index contributed by atoms with van der Waals surface area (Å²) in [6, 6.07) is 3.80. The standard InChI is InChI=1S/C13H8BrN3OS/c14-11-10(4-3-9-2-1-5-15-8-9)16-13-17(12(11)18)6-7-19-13/h1-8H. The highest BCUT2D eigenvalue weighted by Crippen LogP contribution is 2.16. The van der Waals surface area contributed by atoms with E-state index in [1.165, 1.54) is 15.7 Å². The fourth-order valence-electron chi connectivity index (χ4n) is 1.64. The van der Waals surface area contributed by atoms with Gasteiger partial charge >= 0.3 is 0 Å². The molecule has 0 N–H and O–H groups in total. The molecule has 0 aliphatic heterocycles. The Hall–Kier alpha value is -1.79. The number of fused-ring (bicyclic) bond motifs is 1. The molecule has 0 saturated heterocycles. The van der Waals surface area contributed by atoms with Crippen LogP contribution in [-0.4, -0.2) is 14.4 Å². The normalized spacial score (nSPS) is 11.4. The SMILES string of the molecule is O=c1c(Br)c(C=Cc2cccnc2)nc2sccn12. The molecular weight excluding hydrogens is 326 g/mol. The molecule has 3 aromatic rings. The summed E-state index contributed by atoms with van der Waals surface area (Å²) in [6.07, 6.45) is 8.87. The number of halogens is 1. The fourth-order valence-corrected chi connectivity index (χ4v) is 2.76. The van der Waals surface area contributed by atoms with E-state index < -0.39 is 0 Å². The highest BCUT2D eigenvalue weighted by Gasteiger charge is 2.08. The van der Waals surface area contributed by atoms with Crippen LogP contribution in [0.3, 0.4) is 0 Å². The maximum atomic E-state index is 12.1. The van der Waals surface area contributed by atoms with Gasteiger partial charge in [-0.2, -0.15) is 0 Å². The van der Waals surface area contributed by atoms with Crippen molar-refractivity contribution in [1.82, 2.24) is 14.4 Å². The van der Waals surface area contributed by atoms with Gasteiger partial charge in [0.2, 0.25) is 0 Å². The van der Waals surface area contributed by atoms with E-state index in [9.17, 15) is 4.79 Å². The molecule has 3 aromatic heterocycles. The number of aromatic nitrogens is 3. The highest BCUT2D eigenvalue weighted by molar-refractivity contribution is 9.10. The van der Waals surface area contributed by atoms with E-state index in [4.69, 9.17) is 0 Å². The molecular formula is C13H8BrN3OS. The lowest BCUT2D eigenvalue weighted by Gasteiger charge is -1.99. The Balaban J connectivity index is 2.08. The average molecular weight is 334 g/mol. The molecule has 0 unspecified atom stereocenters. The van der Waals surface area contributed by atoms with Crippen molar-refractivity contribution in [1.29, 1.82) is 0 Å². The van der Waals surface area contributed by atoms with Gasteiger partial charge in [0.15, 0.2) is 4.96 Å². The number of rotatable bonds is 2. The third-order valence-corrected chi connectivity index (χ3v) is 4.06. The average Bonchev–Trinajstić information content (AvgIpc) is 2.91. The first-order valence-electron chi connectivity index (χ1n) is 5.49. The van der Waals surface area contributed by atoms with Crippen LogP contribution in [0.1, 0.15) is 11.3 Å². The number of nitrogens with zero attached hydrogens (tertiary/aromatic N) is 3. The van der Waals surface area contributed by atoms with E-state index in [-0.39, 0.29) is 5.56 Å². The van der Waals surface area contributed by atoms with Crippen molar-refractivity contribution in [2.24, 2.45) is 0 Å². The lowest BCUT2D eigenvalue weighted by molar-refractivity contribution is 1.05. The van der Waals surface area contributed by atoms with E-state index in [0.29, 0.717) is 15.1 Å². The summed E-state index contributed by atoms with van der Waals surface area (Å²) in [6.45, 7) is 0. The molecule has 0 saturated carbocycles. The Morgan fingerprint density at radius 2 is 2.26 bits per heavy atom. The van der Waals surface area contributed by atoms with E-state index in [1.807, 2.05) is 29.7 Å². The first-order chi connectivity index (χ1) is 9.25. The molecule has 0 aromatic carbocycles. The van der Waals surface area contributed by atoms with Crippen LogP contribution in [0.25, 0.3) is 17.1 Å². The third-order valence-electron chi connectivity index (χ3n) is 2.56. The minimum atomic E-state index is -0.0999. The van der Waals surface area contributed by atoms with Crippen molar-refractivity contribution in [2.75, 3.05) is 0 Å². The lowest BCUT2D eigenvalue weighted by atomic mass is 10.2. The van der Waals surface area contributed by atoms with Crippen LogP contribution in [0.4, 0.5) is 0 Å². The second-order valence-corrected chi connectivity index (χ2v) is 5.46. The van der Waals surface area contributed by atoms with Gasteiger partial charge < -0.3 is 0 Å². The largest absolute Gasteiger partial charge is 0.273 e. The highest BCUT2D eigenvalue weighted by atomic mass is 79.9. The number of hydrogen-bond acceptors (Lipinski definition) is 4. The summed E-state index contributed by atoms with van der Waals surface area (Å²) in [4.78, 5) is 21.2. The second-order valence-electron chi connectivity index (χ2n) is 3.79. The third kappa shape index (κ3) is 2.36. The molecule has 19 heavy (non-hydrogen) atoms. The Morgan fingerprint density at radius 1 is 1.37 bits per heavy atom. The summed E-state index contributed by atoms with van der Waals surface area (Å²) in [5.41, 5.74) is 1.48. The number of thiazole rings is 1. The molecule has 4 nitrogen and oxygen atoms in total. The van der Waals surface area contributed by atoms with Gasteiger partial charge in [0.05, 0.1) is 5.69 Å². The minimum Gasteiger partial charge on any atom is -0.268 e. The number of hydrogen-bond donors (Lipinski definition) is 0. The summed E-state index contributed by atoms with van der Waals surface area (Å²) >= 11 is 4.73. The molecule has 0 radical (unpaired) electrons. The van der Waals surface area contributed by atoms with Crippen LogP contribution in [0.5, 0.6) is 0 Å². The van der Waals surface area contributed by atoms with Gasteiger partial charge in [0.25, 0.3) is 5.56 Å². The van der Waals surface area contributed by atoms with Crippen LogP contribution in [0.15, 0.2) is 45.4 Å². The van der Waals surface area contributed by atoms with E-state index >= 15 is 0 Å². The fraction of sp³-hybridized carbons (Fsp3) is 0. The first kappa shape index (κ1) is 12.3. The Bertz CT molecular complexity index is 808. The van der Waals surface area contributed by atoms with Gasteiger partial charge in [-0.3, -0.25) is 14.2 Å². The zero-order chi connectivity index (χ0) is 13.2. The monoisotopic (exact) mass is 333 g/mol. The van der Waals surface area contributed by atoms with Crippen molar-refractivity contribution in [3.05, 3.63) is 62.2 Å². The van der Waals surface area contributed by atoms with Crippen LogP contribution in [0, 0.1) is 0 Å². The van der Waals surface area contributed by atoms with Gasteiger partial charge in [-0.15, -0.1) is 11.3 Å². The van der Waals surface area contributed by atoms with Crippen molar-refractivity contribution in [3.8, 4) is 0 Å². The lowest BCUT2D eigenvalue weighted by Crippen LogP contribution is -2.14. The van der Waals surface area contributed by atoms with Gasteiger partial charge in [-0.1, -0.05) is 12.1 Å². The van der Waals surface area contributed by atoms with Crippen LogP contribution < -0.4 is 5.56 Å². The Morgan fingerprint density at radius 3 is 3.05 bits per heavy atom. The maximum Gasteiger partial charge on any atom is 0.273 e. The van der Waals surface area contributed by atoms with Crippen LogP contribution >= 0.6 is 27.3 Å². The summed E-state index contributed by atoms with van der Waals surface area (Å²) in [5, 5.41) is 1.84. The molecule has 3 rings (SSSR count). The summed E-state index contributed by atoms with van der Waals surface area (Å²) in [7, 11) is 0. The van der Waals surface area contributed by atoms with Gasteiger partial charge in [0.1, 0.15) is 4.47 Å². The molecule has 0 amide bonds. The van der Waals surface area contributed by atoms with E-state index in [2.05, 4.69) is 25.9 Å². The number of pyridine rings is 1. The first-order valence-corrected chi connectivity index (χ1v) is 7.16. The Kier molecular flexibility index (Phi) is 3.27. The van der Waals surface area contributed by atoms with Crippen molar-refractivity contribution in [2.45, 2.75) is 0 Å². The van der Waals surface area contributed by atoms with Crippen molar-refractivity contribution in [3.63, 3.8) is 0 Å². The van der Waals surface area contributed by atoms with E-state index in [0.717, 1.165) is 5.56 Å². The zero-order valence-electron chi connectivity index (χ0n) is 9.65. The maximum absolute atomic E-state index is 12.1. The molecule has 0 aliphatic carbocycles. The van der Waals surface area contributed by atoms with Crippen LogP contribution in [0.2, 0.25) is 0 Å². The molecule has 0 fully saturated rings. The molecule has 0 spiro atoms. The van der Waals surface area contributed by atoms with Gasteiger partial charge in [-0.25, -0.2) is 4.98 Å². The quantitative estimate of drug-likeness (QED) is 0.724. The predicted octanol–water partition coefficient (Wildman–Crippen LogP) is 3.08. The molecule has 94 valence electrons. The van der Waals surface area contributed by atoms with Crippen LogP contribution in [-0.2, 0) is 0 Å². The summed E-state index contributed by atoms with van der Waals surface area (Å²) < 4.78 is 1.99. The minimum absolute atomic E-state index is 0.0999. The van der Waals surface area contributed by atoms with Crippen molar-refractivity contribution >= 4 is 44.4 Å². The molecule has 3 heterocycles. The smallest absolute Gasteiger partial charge is 0.268 e. The summed E-state index contributed by atoms with van der Waals surface area (Å²) in [5.74, 6) is 0. The Labute approximate surface area is 121 Å². The molecule has 0 bridgehead atoms. The molecule has 6 heteroatoms. The predicted molar refractivity (Wildman–Crippen MR) is 80.2 cm³/mol. The van der Waals surface area contributed by atoms with Gasteiger partial charge in [-0.05, 0) is 33.6 Å². The van der Waals surface area contributed by atoms with E-state index in [1.54, 1.807) is 18.6 Å². The molecule has 0 atom stereocenters. The topological polar surface area (TPSA) is 47.3 Å².